The predicted octanol–water partition coefficient (Wildman–Crippen LogP) is 3.79. The van der Waals surface area contributed by atoms with Crippen molar-refractivity contribution in [3.05, 3.63) is 0 Å². The average Bonchev–Trinajstić information content (AvgIpc) is 3.02. The highest BCUT2D eigenvalue weighted by molar-refractivity contribution is 5.66. The predicted molar refractivity (Wildman–Crippen MR) is 183 cm³/mol. The van der Waals surface area contributed by atoms with Gasteiger partial charge >= 0.3 is 11.9 Å². The van der Waals surface area contributed by atoms with Crippen LogP contribution in [0.1, 0.15) is 111 Å². The van der Waals surface area contributed by atoms with E-state index < -0.39 is 24.4 Å². The second-order valence-corrected chi connectivity index (χ2v) is 16.4. The van der Waals surface area contributed by atoms with Gasteiger partial charge in [-0.15, -0.1) is 0 Å². The van der Waals surface area contributed by atoms with E-state index in [-0.39, 0.29) is 36.0 Å². The number of hydrogen-bond donors (Lipinski definition) is 4. The van der Waals surface area contributed by atoms with Crippen LogP contribution in [0.3, 0.4) is 0 Å². The second kappa shape index (κ2) is 18.8. The Kier molecular flexibility index (Phi) is 15.5. The lowest BCUT2D eigenvalue weighted by Gasteiger charge is -2.47. The lowest BCUT2D eigenvalue weighted by molar-refractivity contribution is -0.699. The summed E-state index contributed by atoms with van der Waals surface area (Å²) in [5.74, 6) is 2.65. The summed E-state index contributed by atoms with van der Waals surface area (Å²) in [6.45, 7) is 9.17. The standard InChI is InChI=1S/C38H68N2O8/c1-22(2)31-10-8-25-15-28(31)16-29(17-34(43)32(25)12-14-45-5)36(48-24(4)42)20-30(47-23(3)41)9-7-26-18-37(46-6)35(44)21-33(26)27-11-13-40-38(39)19-27/h22,25-38,40,43-44H,7-21,39H2,1-6H3/p+1. The van der Waals surface area contributed by atoms with E-state index in [0.29, 0.717) is 73.7 Å². The van der Waals surface area contributed by atoms with Gasteiger partial charge in [-0.1, -0.05) is 13.8 Å². The first kappa shape index (κ1) is 39.5. The third kappa shape index (κ3) is 10.8. The summed E-state index contributed by atoms with van der Waals surface area (Å²) in [4.78, 5) is 25.1. The van der Waals surface area contributed by atoms with Crippen molar-refractivity contribution in [3.63, 3.8) is 0 Å². The Morgan fingerprint density at radius 2 is 1.60 bits per heavy atom. The van der Waals surface area contributed by atoms with Crippen LogP contribution in [0.2, 0.25) is 0 Å². The molecule has 278 valence electrons. The number of rotatable bonds is 14. The SMILES string of the molecule is COCCC1C(O)CC(C(CC(CCC2CC(OC)C(O)CC2C2CC[NH2+]C(N)C2)OC(C)=O)OC(C)=O)CC2CC1CCC2C(C)C. The molecule has 3 saturated carbocycles. The molecule has 6 N–H and O–H groups in total. The molecule has 0 amide bonds. The zero-order valence-corrected chi connectivity index (χ0v) is 30.8. The molecule has 4 aliphatic rings. The highest BCUT2D eigenvalue weighted by Crippen LogP contribution is 2.49. The number of aliphatic hydroxyl groups excluding tert-OH is 2. The Hall–Kier alpha value is -1.30. The van der Waals surface area contributed by atoms with Crippen molar-refractivity contribution < 1.29 is 44.1 Å². The number of nitrogens with two attached hydrogens (primary N) is 2. The molecule has 0 aromatic rings. The van der Waals surface area contributed by atoms with Crippen LogP contribution >= 0.6 is 0 Å². The number of methoxy groups -OCH3 is 2. The number of aliphatic hydroxyl groups is 2. The Balaban J connectivity index is 1.55. The van der Waals surface area contributed by atoms with Crippen LogP contribution in [0.5, 0.6) is 0 Å². The molecule has 14 atom stereocenters. The lowest BCUT2D eigenvalue weighted by Crippen LogP contribution is -2.94. The summed E-state index contributed by atoms with van der Waals surface area (Å²) < 4.78 is 23.3. The highest BCUT2D eigenvalue weighted by atomic mass is 16.6. The molecule has 0 radical (unpaired) electrons. The van der Waals surface area contributed by atoms with Crippen molar-refractivity contribution in [3.8, 4) is 0 Å². The van der Waals surface area contributed by atoms with Gasteiger partial charge in [0.05, 0.1) is 24.9 Å². The number of piperidine rings is 1. The molecule has 0 spiro atoms. The van der Waals surface area contributed by atoms with Crippen LogP contribution in [-0.2, 0) is 28.5 Å². The molecule has 10 nitrogen and oxygen atoms in total. The fourth-order valence-electron chi connectivity index (χ4n) is 10.7. The summed E-state index contributed by atoms with van der Waals surface area (Å²) in [7, 11) is 3.39. The maximum Gasteiger partial charge on any atom is 0.302 e. The van der Waals surface area contributed by atoms with Gasteiger partial charge in [0.1, 0.15) is 18.4 Å². The van der Waals surface area contributed by atoms with E-state index >= 15 is 0 Å². The Morgan fingerprint density at radius 1 is 0.854 bits per heavy atom. The molecule has 0 aromatic carbocycles. The van der Waals surface area contributed by atoms with E-state index in [1.807, 2.05) is 0 Å². The van der Waals surface area contributed by atoms with Gasteiger partial charge in [-0.3, -0.25) is 15.3 Å². The molecular formula is C38H69N2O8+. The van der Waals surface area contributed by atoms with Crippen LogP contribution in [-0.4, -0.2) is 86.2 Å². The van der Waals surface area contributed by atoms with Crippen LogP contribution in [0.25, 0.3) is 0 Å². The molecule has 1 aliphatic heterocycles. The Bertz CT molecular complexity index is 998. The van der Waals surface area contributed by atoms with Gasteiger partial charge in [-0.25, -0.2) is 0 Å². The maximum atomic E-state index is 12.6. The van der Waals surface area contributed by atoms with Gasteiger partial charge in [0.2, 0.25) is 0 Å². The van der Waals surface area contributed by atoms with E-state index in [1.165, 1.54) is 13.8 Å². The Labute approximate surface area is 289 Å². The molecule has 4 rings (SSSR count). The first-order chi connectivity index (χ1) is 22.9. The normalized spacial score (nSPS) is 38.8. The van der Waals surface area contributed by atoms with Crippen molar-refractivity contribution in [1.82, 2.24) is 0 Å². The largest absolute Gasteiger partial charge is 0.462 e. The molecule has 0 aromatic heterocycles. The molecule has 1 heterocycles. The van der Waals surface area contributed by atoms with Crippen LogP contribution in [0.15, 0.2) is 0 Å². The topological polar surface area (TPSA) is 154 Å². The molecular weight excluding hydrogens is 612 g/mol. The van der Waals surface area contributed by atoms with Gasteiger partial charge < -0.3 is 34.5 Å². The molecule has 3 aliphatic carbocycles. The molecule has 2 bridgehead atoms. The van der Waals surface area contributed by atoms with E-state index in [2.05, 4.69) is 19.2 Å². The number of carbonyl (C=O) groups excluding carboxylic acids is 2. The van der Waals surface area contributed by atoms with Gasteiger partial charge in [-0.05, 0) is 124 Å². The lowest BCUT2D eigenvalue weighted by atomic mass is 9.60. The number of esters is 2. The van der Waals surface area contributed by atoms with Crippen LogP contribution in [0, 0.1) is 53.3 Å². The monoisotopic (exact) mass is 682 g/mol. The molecule has 10 heteroatoms. The van der Waals surface area contributed by atoms with Gasteiger partial charge in [0, 0.05) is 47.5 Å². The Morgan fingerprint density at radius 3 is 2.25 bits per heavy atom. The minimum atomic E-state index is -0.503. The maximum absolute atomic E-state index is 12.6. The van der Waals surface area contributed by atoms with Crippen LogP contribution in [0.4, 0.5) is 0 Å². The zero-order valence-electron chi connectivity index (χ0n) is 30.8. The number of ether oxygens (including phenoxy) is 4. The highest BCUT2D eigenvalue weighted by Gasteiger charge is 2.45. The van der Waals surface area contributed by atoms with Crippen LogP contribution < -0.4 is 11.1 Å². The first-order valence-corrected chi connectivity index (χ1v) is 19.2. The number of hydrogen-bond acceptors (Lipinski definition) is 9. The number of carbonyl (C=O) groups is 2. The van der Waals surface area contributed by atoms with Crippen molar-refractivity contribution in [1.29, 1.82) is 0 Å². The van der Waals surface area contributed by atoms with Gasteiger partial charge in [0.25, 0.3) is 0 Å². The fraction of sp³-hybridized carbons (Fsp3) is 0.947. The first-order valence-electron chi connectivity index (χ1n) is 19.2. The van der Waals surface area contributed by atoms with E-state index in [1.54, 1.807) is 14.2 Å². The van der Waals surface area contributed by atoms with Crippen molar-refractivity contribution >= 4 is 11.9 Å². The summed E-state index contributed by atoms with van der Waals surface area (Å²) in [5.41, 5.74) is 6.36. The second-order valence-electron chi connectivity index (χ2n) is 16.4. The average molecular weight is 682 g/mol. The van der Waals surface area contributed by atoms with E-state index in [0.717, 1.165) is 64.3 Å². The van der Waals surface area contributed by atoms with Crippen molar-refractivity contribution in [2.45, 2.75) is 148 Å². The van der Waals surface area contributed by atoms with Crippen molar-refractivity contribution in [2.24, 2.45) is 59.0 Å². The zero-order chi connectivity index (χ0) is 35.0. The van der Waals surface area contributed by atoms with E-state index in [9.17, 15) is 19.8 Å². The third-order valence-corrected chi connectivity index (χ3v) is 12.9. The summed E-state index contributed by atoms with van der Waals surface area (Å²) in [6, 6.07) is 0. The van der Waals surface area contributed by atoms with Gasteiger partial charge in [-0.2, -0.15) is 0 Å². The number of quaternary nitrogens is 1. The van der Waals surface area contributed by atoms with E-state index in [4.69, 9.17) is 24.7 Å². The molecule has 48 heavy (non-hydrogen) atoms. The smallest absolute Gasteiger partial charge is 0.302 e. The third-order valence-electron chi connectivity index (χ3n) is 12.9. The molecule has 4 fully saturated rings. The minimum absolute atomic E-state index is 0.0345. The van der Waals surface area contributed by atoms with Crippen molar-refractivity contribution in [2.75, 3.05) is 27.4 Å². The number of fused-ring (bicyclic) bond motifs is 2. The summed E-state index contributed by atoms with van der Waals surface area (Å²) >= 11 is 0. The molecule has 14 unspecified atom stereocenters. The molecule has 1 saturated heterocycles. The van der Waals surface area contributed by atoms with Gasteiger partial charge in [0.15, 0.2) is 0 Å². The quantitative estimate of drug-likeness (QED) is 0.201. The minimum Gasteiger partial charge on any atom is -0.462 e. The summed E-state index contributed by atoms with van der Waals surface area (Å²) in [6.07, 6.45) is 9.01. The summed E-state index contributed by atoms with van der Waals surface area (Å²) in [5, 5.41) is 24.9. The fourth-order valence-corrected chi connectivity index (χ4v) is 10.7.